The molecule has 0 aromatic carbocycles. The van der Waals surface area contributed by atoms with Crippen LogP contribution in [0, 0.1) is 5.41 Å². The summed E-state index contributed by atoms with van der Waals surface area (Å²) in [5.74, 6) is 0. The summed E-state index contributed by atoms with van der Waals surface area (Å²) >= 11 is 0. The first-order valence-electron chi connectivity index (χ1n) is 5.72. The minimum Gasteiger partial charge on any atom is -0.381 e. The van der Waals surface area contributed by atoms with Crippen molar-refractivity contribution in [3.05, 3.63) is 0 Å². The Bertz CT molecular complexity index is 347. The highest BCUT2D eigenvalue weighted by Gasteiger charge is 2.44. The molecule has 2 heterocycles. The quantitative estimate of drug-likeness (QED) is 0.706. The molecule has 1 atom stereocenters. The van der Waals surface area contributed by atoms with Gasteiger partial charge in [0.2, 0.25) is 0 Å². The molecule has 2 aliphatic rings. The summed E-state index contributed by atoms with van der Waals surface area (Å²) in [6.45, 7) is 2.78. The van der Waals surface area contributed by atoms with Gasteiger partial charge in [-0.1, -0.05) is 0 Å². The summed E-state index contributed by atoms with van der Waals surface area (Å²) in [5, 5.41) is 0. The first-order valence-corrected chi connectivity index (χ1v) is 7.11. The SMILES string of the molecule is CN(C)S(=O)(=O)N1CCC2(CCCOC2)C1. The standard InChI is InChI=1S/C10H20N2O3S/c1-11(2)16(13,14)12-6-5-10(8-12)4-3-7-15-9-10/h3-9H2,1-2H3. The van der Waals surface area contributed by atoms with Crippen molar-refractivity contribution in [3.8, 4) is 0 Å². The van der Waals surface area contributed by atoms with Crippen LogP contribution in [-0.4, -0.2) is 57.4 Å². The van der Waals surface area contributed by atoms with Gasteiger partial charge in [0.1, 0.15) is 0 Å². The van der Waals surface area contributed by atoms with Crippen molar-refractivity contribution in [1.29, 1.82) is 0 Å². The molecule has 2 saturated heterocycles. The first kappa shape index (κ1) is 12.3. The summed E-state index contributed by atoms with van der Waals surface area (Å²) in [5.41, 5.74) is 0.0847. The van der Waals surface area contributed by atoms with Crippen LogP contribution >= 0.6 is 0 Å². The number of hydrogen-bond donors (Lipinski definition) is 0. The fraction of sp³-hybridized carbons (Fsp3) is 1.00. The molecule has 94 valence electrons. The lowest BCUT2D eigenvalue weighted by atomic mass is 9.82. The van der Waals surface area contributed by atoms with Crippen LogP contribution in [-0.2, 0) is 14.9 Å². The summed E-state index contributed by atoms with van der Waals surface area (Å²) in [7, 11) is -0.0788. The van der Waals surface area contributed by atoms with Gasteiger partial charge in [-0.3, -0.25) is 0 Å². The van der Waals surface area contributed by atoms with Crippen molar-refractivity contribution in [2.75, 3.05) is 40.4 Å². The van der Waals surface area contributed by atoms with Crippen LogP contribution in [0.1, 0.15) is 19.3 Å². The maximum atomic E-state index is 12.0. The molecule has 2 rings (SSSR count). The van der Waals surface area contributed by atoms with E-state index in [0.717, 1.165) is 25.9 Å². The summed E-state index contributed by atoms with van der Waals surface area (Å²) in [6.07, 6.45) is 3.07. The van der Waals surface area contributed by atoms with Gasteiger partial charge >= 0.3 is 0 Å². The molecular weight excluding hydrogens is 228 g/mol. The summed E-state index contributed by atoms with van der Waals surface area (Å²) < 4.78 is 32.3. The third-order valence-electron chi connectivity index (χ3n) is 3.60. The third kappa shape index (κ3) is 2.11. The van der Waals surface area contributed by atoms with Crippen molar-refractivity contribution < 1.29 is 13.2 Å². The van der Waals surface area contributed by atoms with Crippen molar-refractivity contribution in [1.82, 2.24) is 8.61 Å². The Morgan fingerprint density at radius 3 is 2.62 bits per heavy atom. The second-order valence-corrected chi connectivity index (χ2v) is 7.17. The normalized spacial score (nSPS) is 32.7. The Hall–Kier alpha value is -0.170. The minimum atomic E-state index is -3.24. The van der Waals surface area contributed by atoms with E-state index in [9.17, 15) is 8.42 Å². The highest BCUT2D eigenvalue weighted by molar-refractivity contribution is 7.86. The van der Waals surface area contributed by atoms with Gasteiger partial charge in [-0.15, -0.1) is 0 Å². The van der Waals surface area contributed by atoms with Crippen molar-refractivity contribution in [2.24, 2.45) is 5.41 Å². The molecule has 0 N–H and O–H groups in total. The fourth-order valence-corrected chi connectivity index (χ4v) is 3.77. The summed E-state index contributed by atoms with van der Waals surface area (Å²) in [4.78, 5) is 0. The molecule has 0 aromatic heterocycles. The van der Waals surface area contributed by atoms with Gasteiger partial charge in [0, 0.05) is 39.2 Å². The molecule has 2 fully saturated rings. The van der Waals surface area contributed by atoms with E-state index in [-0.39, 0.29) is 5.41 Å². The zero-order valence-electron chi connectivity index (χ0n) is 9.98. The Balaban J connectivity index is 2.08. The topological polar surface area (TPSA) is 49.9 Å². The van der Waals surface area contributed by atoms with E-state index >= 15 is 0 Å². The molecule has 6 heteroatoms. The Kier molecular flexibility index (Phi) is 3.27. The zero-order valence-corrected chi connectivity index (χ0v) is 10.8. The van der Waals surface area contributed by atoms with E-state index in [2.05, 4.69) is 0 Å². The van der Waals surface area contributed by atoms with Gasteiger partial charge in [0.05, 0.1) is 6.61 Å². The van der Waals surface area contributed by atoms with Gasteiger partial charge in [-0.05, 0) is 19.3 Å². The van der Waals surface area contributed by atoms with E-state index < -0.39 is 10.2 Å². The van der Waals surface area contributed by atoms with Crippen LogP contribution in [0.15, 0.2) is 0 Å². The predicted molar refractivity (Wildman–Crippen MR) is 61.3 cm³/mol. The lowest BCUT2D eigenvalue weighted by Gasteiger charge is -2.33. The lowest BCUT2D eigenvalue weighted by molar-refractivity contribution is 0.000773. The number of nitrogens with zero attached hydrogens (tertiary/aromatic N) is 2. The van der Waals surface area contributed by atoms with Crippen LogP contribution in [0.2, 0.25) is 0 Å². The Morgan fingerprint density at radius 2 is 2.06 bits per heavy atom. The minimum absolute atomic E-state index is 0.0847. The molecule has 16 heavy (non-hydrogen) atoms. The van der Waals surface area contributed by atoms with Gasteiger partial charge in [0.15, 0.2) is 0 Å². The molecule has 2 aliphatic heterocycles. The number of ether oxygens (including phenoxy) is 1. The van der Waals surface area contributed by atoms with Gasteiger partial charge in [-0.2, -0.15) is 17.0 Å². The number of rotatable bonds is 2. The van der Waals surface area contributed by atoms with E-state index in [1.807, 2.05) is 0 Å². The van der Waals surface area contributed by atoms with Crippen molar-refractivity contribution in [2.45, 2.75) is 19.3 Å². The predicted octanol–water partition coefficient (Wildman–Crippen LogP) is 0.295. The van der Waals surface area contributed by atoms with E-state index in [1.165, 1.54) is 4.31 Å². The molecule has 5 nitrogen and oxygen atoms in total. The highest BCUT2D eigenvalue weighted by Crippen LogP contribution is 2.39. The molecule has 0 radical (unpaired) electrons. The van der Waals surface area contributed by atoms with Gasteiger partial charge in [0.25, 0.3) is 10.2 Å². The molecule has 1 unspecified atom stereocenters. The number of hydrogen-bond acceptors (Lipinski definition) is 3. The van der Waals surface area contributed by atoms with E-state index in [4.69, 9.17) is 4.74 Å². The largest absolute Gasteiger partial charge is 0.381 e. The first-order chi connectivity index (χ1) is 7.46. The van der Waals surface area contributed by atoms with Crippen LogP contribution in [0.3, 0.4) is 0 Å². The molecular formula is C10H20N2O3S. The van der Waals surface area contributed by atoms with Crippen LogP contribution < -0.4 is 0 Å². The fourth-order valence-electron chi connectivity index (χ4n) is 2.55. The molecule has 0 aromatic rings. The highest BCUT2D eigenvalue weighted by atomic mass is 32.2. The van der Waals surface area contributed by atoms with Crippen LogP contribution in [0.25, 0.3) is 0 Å². The lowest BCUT2D eigenvalue weighted by Crippen LogP contribution is -2.41. The Labute approximate surface area is 97.5 Å². The molecule has 0 aliphatic carbocycles. The molecule has 0 bridgehead atoms. The molecule has 1 spiro atoms. The van der Waals surface area contributed by atoms with E-state index in [0.29, 0.717) is 19.7 Å². The molecule has 0 saturated carbocycles. The van der Waals surface area contributed by atoms with Crippen molar-refractivity contribution in [3.63, 3.8) is 0 Å². The van der Waals surface area contributed by atoms with Crippen LogP contribution in [0.5, 0.6) is 0 Å². The summed E-state index contributed by atoms with van der Waals surface area (Å²) in [6, 6.07) is 0. The maximum absolute atomic E-state index is 12.0. The van der Waals surface area contributed by atoms with Crippen LogP contribution in [0.4, 0.5) is 0 Å². The van der Waals surface area contributed by atoms with Crippen molar-refractivity contribution >= 4 is 10.2 Å². The average molecular weight is 248 g/mol. The van der Waals surface area contributed by atoms with E-state index in [1.54, 1.807) is 18.4 Å². The monoisotopic (exact) mass is 248 g/mol. The van der Waals surface area contributed by atoms with Gasteiger partial charge < -0.3 is 4.74 Å². The maximum Gasteiger partial charge on any atom is 0.281 e. The zero-order chi connectivity index (χ0) is 11.8. The smallest absolute Gasteiger partial charge is 0.281 e. The average Bonchev–Trinajstić information content (AvgIpc) is 2.64. The second-order valence-electron chi connectivity index (χ2n) is 5.03. The second kappa shape index (κ2) is 4.25. The Morgan fingerprint density at radius 1 is 1.31 bits per heavy atom. The van der Waals surface area contributed by atoms with Gasteiger partial charge in [-0.25, -0.2) is 0 Å². The third-order valence-corrected chi connectivity index (χ3v) is 5.48. The molecule has 0 amide bonds.